The smallest absolute Gasteiger partial charge is 0.123 e. The van der Waals surface area contributed by atoms with Crippen molar-refractivity contribution in [2.75, 3.05) is 0 Å². The van der Waals surface area contributed by atoms with Crippen LogP contribution < -0.4 is 0 Å². The van der Waals surface area contributed by atoms with E-state index >= 15 is 0 Å². The minimum Gasteiger partial charge on any atom is -0.353 e. The van der Waals surface area contributed by atoms with Gasteiger partial charge in [-0.15, -0.1) is 0 Å². The molecule has 0 amide bonds. The Bertz CT molecular complexity index is 1620. The monoisotopic (exact) mass is 444 g/mol. The Morgan fingerprint density at radius 3 is 1.38 bits per heavy atom. The molecule has 0 saturated heterocycles. The van der Waals surface area contributed by atoms with E-state index in [1.807, 2.05) is 60.7 Å². The van der Waals surface area contributed by atoms with Gasteiger partial charge < -0.3 is 9.97 Å². The third kappa shape index (κ3) is 3.44. The fraction of sp³-hybridized carbons (Fsp3) is 0. The van der Waals surface area contributed by atoms with Gasteiger partial charge in [0.05, 0.1) is 22.5 Å². The van der Waals surface area contributed by atoms with Crippen molar-refractivity contribution in [3.8, 4) is 34.4 Å². The van der Waals surface area contributed by atoms with Crippen LogP contribution in [0, 0.1) is 23.5 Å². The highest BCUT2D eigenvalue weighted by atomic mass is 19.1. The number of aromatic nitrogens is 2. The van der Waals surface area contributed by atoms with Crippen molar-refractivity contribution >= 4 is 21.8 Å². The van der Waals surface area contributed by atoms with Gasteiger partial charge in [-0.1, -0.05) is 72.5 Å². The normalized spacial score (nSPS) is 11.0. The lowest BCUT2D eigenvalue weighted by molar-refractivity contribution is 0.628. The highest BCUT2D eigenvalue weighted by Gasteiger charge is 2.14. The number of H-pyrrole nitrogens is 2. The van der Waals surface area contributed by atoms with Crippen LogP contribution in [0.5, 0.6) is 0 Å². The van der Waals surface area contributed by atoms with E-state index in [2.05, 4.69) is 21.8 Å². The van der Waals surface area contributed by atoms with E-state index in [9.17, 15) is 8.78 Å². The van der Waals surface area contributed by atoms with E-state index in [0.717, 1.165) is 55.4 Å². The summed E-state index contributed by atoms with van der Waals surface area (Å²) in [5.41, 5.74) is 6.41. The quantitative estimate of drug-likeness (QED) is 0.257. The minimum absolute atomic E-state index is 0.305. The van der Waals surface area contributed by atoms with E-state index in [1.54, 1.807) is 12.1 Å². The summed E-state index contributed by atoms with van der Waals surface area (Å²) in [6, 6.07) is 28.7. The molecule has 162 valence electrons. The van der Waals surface area contributed by atoms with Crippen LogP contribution in [0.15, 0.2) is 97.1 Å². The molecule has 4 heteroatoms. The first-order valence-corrected chi connectivity index (χ1v) is 10.9. The average Bonchev–Trinajstić information content (AvgIpc) is 3.41. The molecule has 0 radical (unpaired) electrons. The molecule has 0 spiro atoms. The van der Waals surface area contributed by atoms with Crippen LogP contribution in [-0.4, -0.2) is 9.97 Å². The molecule has 0 aliphatic rings. The molecule has 0 bridgehead atoms. The fourth-order valence-corrected chi connectivity index (χ4v) is 4.39. The van der Waals surface area contributed by atoms with Gasteiger partial charge in [0, 0.05) is 32.9 Å². The van der Waals surface area contributed by atoms with Gasteiger partial charge in [-0.3, -0.25) is 0 Å². The van der Waals surface area contributed by atoms with Gasteiger partial charge in [-0.05, 0) is 36.4 Å². The number of hydrogen-bond acceptors (Lipinski definition) is 0. The Labute approximate surface area is 194 Å². The number of halogens is 2. The summed E-state index contributed by atoms with van der Waals surface area (Å²) in [6.07, 6.45) is 0. The van der Waals surface area contributed by atoms with Gasteiger partial charge in [0.2, 0.25) is 0 Å². The lowest BCUT2D eigenvalue weighted by atomic mass is 10.0. The maximum absolute atomic E-state index is 14.0. The molecule has 34 heavy (non-hydrogen) atoms. The molecule has 2 aromatic heterocycles. The number of rotatable bonds is 2. The number of hydrogen-bond donors (Lipinski definition) is 2. The standard InChI is InChI=1S/C30H18F2N2/c31-21-9-5-7-19(17-21)29-25(23-11-1-3-13-27(23)33-29)15-16-26-24-12-2-4-14-28(24)34-30(26)20-8-6-10-22(32)18-20/h1-14,17-18,33-34H. The van der Waals surface area contributed by atoms with E-state index in [0.29, 0.717) is 0 Å². The molecule has 2 N–H and O–H groups in total. The second-order valence-electron chi connectivity index (χ2n) is 8.11. The number of aromatic amines is 2. The third-order valence-corrected chi connectivity index (χ3v) is 5.95. The molecule has 0 saturated carbocycles. The van der Waals surface area contributed by atoms with Crippen LogP contribution in [0.3, 0.4) is 0 Å². The van der Waals surface area contributed by atoms with Gasteiger partial charge in [0.25, 0.3) is 0 Å². The molecule has 0 unspecified atom stereocenters. The summed E-state index contributed by atoms with van der Waals surface area (Å²) >= 11 is 0. The average molecular weight is 444 g/mol. The molecule has 6 aromatic rings. The second-order valence-corrected chi connectivity index (χ2v) is 8.11. The Hall–Kier alpha value is -4.62. The summed E-state index contributed by atoms with van der Waals surface area (Å²) in [5.74, 6) is 6.10. The van der Waals surface area contributed by atoms with Crippen molar-refractivity contribution in [1.29, 1.82) is 0 Å². The van der Waals surface area contributed by atoms with Crippen LogP contribution in [0.1, 0.15) is 11.1 Å². The van der Waals surface area contributed by atoms with Crippen molar-refractivity contribution in [3.05, 3.63) is 120 Å². The van der Waals surface area contributed by atoms with Gasteiger partial charge in [0.15, 0.2) is 0 Å². The summed E-state index contributed by atoms with van der Waals surface area (Å²) in [4.78, 5) is 6.80. The molecule has 2 heterocycles. The van der Waals surface area contributed by atoms with Crippen molar-refractivity contribution in [2.24, 2.45) is 0 Å². The Kier molecular flexibility index (Phi) is 4.75. The number of fused-ring (bicyclic) bond motifs is 2. The first-order chi connectivity index (χ1) is 16.7. The van der Waals surface area contributed by atoms with Crippen molar-refractivity contribution in [3.63, 3.8) is 0 Å². The Morgan fingerprint density at radius 1 is 0.500 bits per heavy atom. The Balaban J connectivity index is 1.60. The van der Waals surface area contributed by atoms with Gasteiger partial charge in [0.1, 0.15) is 11.6 Å². The second kappa shape index (κ2) is 8.06. The van der Waals surface area contributed by atoms with Crippen LogP contribution in [0.4, 0.5) is 8.78 Å². The molecule has 0 aliphatic carbocycles. The molecule has 6 rings (SSSR count). The van der Waals surface area contributed by atoms with E-state index in [4.69, 9.17) is 0 Å². The SMILES string of the molecule is Fc1cccc(-c2[nH]c3ccccc3c2C#Cc2c(-c3cccc(F)c3)[nH]c3ccccc23)c1. The van der Waals surface area contributed by atoms with Crippen LogP contribution in [-0.2, 0) is 0 Å². The molecule has 0 aliphatic heterocycles. The fourth-order valence-electron chi connectivity index (χ4n) is 4.39. The first kappa shape index (κ1) is 20.0. The Morgan fingerprint density at radius 2 is 0.941 bits per heavy atom. The van der Waals surface area contributed by atoms with Crippen LogP contribution in [0.25, 0.3) is 44.3 Å². The maximum Gasteiger partial charge on any atom is 0.123 e. The first-order valence-electron chi connectivity index (χ1n) is 10.9. The number of para-hydroxylation sites is 2. The molecular formula is C30H18F2N2. The van der Waals surface area contributed by atoms with Gasteiger partial charge in [-0.2, -0.15) is 0 Å². The zero-order valence-corrected chi connectivity index (χ0v) is 18.0. The van der Waals surface area contributed by atoms with Crippen LogP contribution in [0.2, 0.25) is 0 Å². The lowest BCUT2D eigenvalue weighted by Gasteiger charge is -2.01. The minimum atomic E-state index is -0.305. The summed E-state index contributed by atoms with van der Waals surface area (Å²) < 4.78 is 28.0. The lowest BCUT2D eigenvalue weighted by Crippen LogP contribution is -1.85. The summed E-state index contributed by atoms with van der Waals surface area (Å²) in [7, 11) is 0. The zero-order valence-electron chi connectivity index (χ0n) is 18.0. The summed E-state index contributed by atoms with van der Waals surface area (Å²) in [5, 5.41) is 1.92. The predicted molar refractivity (Wildman–Crippen MR) is 133 cm³/mol. The maximum atomic E-state index is 14.0. The van der Waals surface area contributed by atoms with E-state index in [1.165, 1.54) is 24.3 Å². The highest BCUT2D eigenvalue weighted by molar-refractivity contribution is 5.97. The van der Waals surface area contributed by atoms with Gasteiger partial charge in [-0.25, -0.2) is 8.78 Å². The topological polar surface area (TPSA) is 31.6 Å². The van der Waals surface area contributed by atoms with Crippen LogP contribution >= 0.6 is 0 Å². The van der Waals surface area contributed by atoms with E-state index in [-0.39, 0.29) is 11.6 Å². The molecular weight excluding hydrogens is 426 g/mol. The molecule has 2 nitrogen and oxygen atoms in total. The highest BCUT2D eigenvalue weighted by Crippen LogP contribution is 2.32. The third-order valence-electron chi connectivity index (χ3n) is 5.95. The predicted octanol–water partition coefficient (Wildman–Crippen LogP) is 7.66. The largest absolute Gasteiger partial charge is 0.353 e. The van der Waals surface area contributed by atoms with Crippen molar-refractivity contribution < 1.29 is 8.78 Å². The number of nitrogens with one attached hydrogen (secondary N) is 2. The summed E-state index contributed by atoms with van der Waals surface area (Å²) in [6.45, 7) is 0. The molecule has 0 atom stereocenters. The number of benzene rings is 4. The zero-order chi connectivity index (χ0) is 23.1. The van der Waals surface area contributed by atoms with Crippen molar-refractivity contribution in [2.45, 2.75) is 0 Å². The van der Waals surface area contributed by atoms with E-state index < -0.39 is 0 Å². The van der Waals surface area contributed by atoms with Crippen molar-refractivity contribution in [1.82, 2.24) is 9.97 Å². The molecule has 4 aromatic carbocycles. The molecule has 0 fully saturated rings. The van der Waals surface area contributed by atoms with Gasteiger partial charge >= 0.3 is 0 Å².